The Balaban J connectivity index is 0.000000913. The van der Waals surface area contributed by atoms with E-state index in [1.54, 1.807) is 12.1 Å². The molecule has 0 radical (unpaired) electrons. The van der Waals surface area contributed by atoms with Crippen molar-refractivity contribution in [2.45, 2.75) is 38.4 Å². The summed E-state index contributed by atoms with van der Waals surface area (Å²) in [5.74, 6) is -0.152. The van der Waals surface area contributed by atoms with Crippen LogP contribution in [0, 0.1) is 11.8 Å². The zero-order chi connectivity index (χ0) is 23.3. The van der Waals surface area contributed by atoms with E-state index >= 15 is 0 Å². The van der Waals surface area contributed by atoms with Gasteiger partial charge in [0, 0.05) is 36.8 Å². The first-order valence-corrected chi connectivity index (χ1v) is 10.3. The number of carbonyl (C=O) groups is 2. The van der Waals surface area contributed by atoms with Crippen molar-refractivity contribution in [1.29, 1.82) is 0 Å². The van der Waals surface area contributed by atoms with Crippen molar-refractivity contribution in [2.24, 2.45) is 11.8 Å². The lowest BCUT2D eigenvalue weighted by Gasteiger charge is -2.22. The summed E-state index contributed by atoms with van der Waals surface area (Å²) in [7, 11) is 0. The van der Waals surface area contributed by atoms with Gasteiger partial charge in [-0.25, -0.2) is 0 Å². The van der Waals surface area contributed by atoms with Crippen molar-refractivity contribution < 1.29 is 32.4 Å². The van der Waals surface area contributed by atoms with E-state index in [0.717, 1.165) is 31.5 Å². The number of benzene rings is 1. The molecule has 2 N–H and O–H groups in total. The summed E-state index contributed by atoms with van der Waals surface area (Å²) < 4.78 is 41.9. The molecule has 2 aromatic rings. The molecular weight excluding hydrogens is 429 g/mol. The molecule has 2 aliphatic rings. The Kier molecular flexibility index (Phi) is 7.49. The normalized spacial score (nSPS) is 21.4. The van der Waals surface area contributed by atoms with Crippen molar-refractivity contribution in [3.05, 3.63) is 35.7 Å². The van der Waals surface area contributed by atoms with Gasteiger partial charge in [-0.15, -0.1) is 0 Å². The van der Waals surface area contributed by atoms with Gasteiger partial charge in [0.15, 0.2) is 0 Å². The van der Waals surface area contributed by atoms with E-state index in [4.69, 9.17) is 9.90 Å². The van der Waals surface area contributed by atoms with Gasteiger partial charge in [0.05, 0.1) is 0 Å². The third-order valence-corrected chi connectivity index (χ3v) is 5.79. The molecule has 3 unspecified atom stereocenters. The van der Waals surface area contributed by atoms with Crippen LogP contribution in [0.1, 0.15) is 42.4 Å². The summed E-state index contributed by atoms with van der Waals surface area (Å²) in [5.41, 5.74) is 0.774. The summed E-state index contributed by atoms with van der Waals surface area (Å²) in [6, 6.07) is 6.11. The van der Waals surface area contributed by atoms with Crippen LogP contribution in [0.25, 0.3) is 11.4 Å². The molecule has 1 saturated heterocycles. The summed E-state index contributed by atoms with van der Waals surface area (Å²) >= 11 is 0. The van der Waals surface area contributed by atoms with Crippen molar-refractivity contribution >= 4 is 12.4 Å². The number of hydrogen-bond donors (Lipinski definition) is 2. The molecule has 1 aromatic heterocycles. The number of fused-ring (bicyclic) bond motifs is 1. The van der Waals surface area contributed by atoms with Gasteiger partial charge in [-0.3, -0.25) is 9.59 Å². The number of likely N-dealkylation sites (tertiary alicyclic amines) is 1. The minimum atomic E-state index is -4.69. The first kappa shape index (κ1) is 23.7. The Bertz CT molecular complexity index is 905. The predicted molar refractivity (Wildman–Crippen MR) is 108 cm³/mol. The second-order valence-electron chi connectivity index (χ2n) is 8.15. The van der Waals surface area contributed by atoms with Crippen molar-refractivity contribution in [2.75, 3.05) is 19.6 Å². The average Bonchev–Trinajstić information content (AvgIpc) is 3.44. The number of carboxylic acid groups (broad SMARTS) is 1. The smallest absolute Gasteiger partial charge is 0.471 e. The van der Waals surface area contributed by atoms with Gasteiger partial charge in [0.1, 0.15) is 0 Å². The number of halogens is 3. The fourth-order valence-corrected chi connectivity index (χ4v) is 4.45. The minimum Gasteiger partial charge on any atom is -0.483 e. The highest BCUT2D eigenvalue weighted by Crippen LogP contribution is 2.37. The van der Waals surface area contributed by atoms with E-state index in [1.165, 1.54) is 31.4 Å². The maximum Gasteiger partial charge on any atom is 0.471 e. The number of hydrogen-bond acceptors (Lipinski definition) is 6. The molecule has 8 nitrogen and oxygen atoms in total. The van der Waals surface area contributed by atoms with E-state index < -0.39 is 12.1 Å². The van der Waals surface area contributed by atoms with Crippen LogP contribution >= 0.6 is 0 Å². The Morgan fingerprint density at radius 1 is 1.28 bits per heavy atom. The van der Waals surface area contributed by atoms with Gasteiger partial charge < -0.3 is 19.8 Å². The standard InChI is InChI=1S/C20H23F3N4O2.CH2O2/c1-12(9-27-10-15-3-2-4-16(15)11-27)24-18(28)14-7-5-13(6-8-14)17-25-19(29-26-17)20(21,22)23;2-1-3/h5-8,12,15-16H,2-4,9-11H2,1H3,(H,24,28);1H,(H,2,3). The van der Waals surface area contributed by atoms with Crippen LogP contribution < -0.4 is 5.32 Å². The van der Waals surface area contributed by atoms with Crippen LogP contribution in [0.5, 0.6) is 0 Å². The molecule has 174 valence electrons. The lowest BCUT2D eigenvalue weighted by Crippen LogP contribution is -2.41. The fourth-order valence-electron chi connectivity index (χ4n) is 4.45. The number of nitrogens with one attached hydrogen (secondary N) is 1. The Morgan fingerprint density at radius 2 is 1.88 bits per heavy atom. The lowest BCUT2D eigenvalue weighted by molar-refractivity contribution is -0.159. The molecule has 11 heteroatoms. The molecule has 0 spiro atoms. The Hall–Kier alpha value is -2.95. The number of amides is 1. The summed E-state index contributed by atoms with van der Waals surface area (Å²) in [6.45, 7) is 4.78. The second-order valence-corrected chi connectivity index (χ2v) is 8.15. The molecule has 1 amide bonds. The molecule has 1 aliphatic heterocycles. The SMILES string of the molecule is CC(CN1CC2CCCC2C1)NC(=O)c1ccc(-c2noc(C(F)(F)F)n2)cc1.O=CO. The second kappa shape index (κ2) is 10.1. The first-order chi connectivity index (χ1) is 15.2. The molecule has 32 heavy (non-hydrogen) atoms. The lowest BCUT2D eigenvalue weighted by atomic mass is 10.0. The van der Waals surface area contributed by atoms with Crippen LogP contribution in [0.3, 0.4) is 0 Å². The van der Waals surface area contributed by atoms with E-state index in [1.807, 2.05) is 6.92 Å². The van der Waals surface area contributed by atoms with Crippen LogP contribution in [0.2, 0.25) is 0 Å². The molecule has 4 rings (SSSR count). The average molecular weight is 454 g/mol. The van der Waals surface area contributed by atoms with Gasteiger partial charge in [0.2, 0.25) is 5.82 Å². The molecule has 0 bridgehead atoms. The monoisotopic (exact) mass is 454 g/mol. The van der Waals surface area contributed by atoms with Crippen LogP contribution in [-0.4, -0.2) is 58.2 Å². The largest absolute Gasteiger partial charge is 0.483 e. The molecule has 1 aromatic carbocycles. The number of alkyl halides is 3. The zero-order valence-corrected chi connectivity index (χ0v) is 17.5. The zero-order valence-electron chi connectivity index (χ0n) is 17.5. The molecular formula is C21H25F3N4O4. The summed E-state index contributed by atoms with van der Waals surface area (Å²) in [5, 5.41) is 13.2. The van der Waals surface area contributed by atoms with Crippen LogP contribution in [0.15, 0.2) is 28.8 Å². The van der Waals surface area contributed by atoms with Crippen LogP contribution in [-0.2, 0) is 11.0 Å². The topological polar surface area (TPSA) is 109 Å². The third-order valence-electron chi connectivity index (χ3n) is 5.79. The number of aromatic nitrogens is 2. The van der Waals surface area contributed by atoms with Gasteiger partial charge >= 0.3 is 12.1 Å². The first-order valence-electron chi connectivity index (χ1n) is 10.3. The van der Waals surface area contributed by atoms with E-state index in [9.17, 15) is 18.0 Å². The molecule has 2 fully saturated rings. The highest BCUT2D eigenvalue weighted by molar-refractivity contribution is 5.94. The highest BCUT2D eigenvalue weighted by atomic mass is 19.4. The van der Waals surface area contributed by atoms with Gasteiger partial charge in [-0.05, 0) is 43.7 Å². The maximum absolute atomic E-state index is 12.6. The molecule has 1 aliphatic carbocycles. The molecule has 1 saturated carbocycles. The number of carbonyl (C=O) groups excluding carboxylic acids is 1. The van der Waals surface area contributed by atoms with Gasteiger partial charge in [-0.2, -0.15) is 18.2 Å². The molecule has 3 atom stereocenters. The Labute approximate surface area is 182 Å². The predicted octanol–water partition coefficient (Wildman–Crippen LogP) is 3.31. The van der Waals surface area contributed by atoms with Gasteiger partial charge in [-0.1, -0.05) is 23.7 Å². The van der Waals surface area contributed by atoms with E-state index in [2.05, 4.69) is 24.9 Å². The third kappa shape index (κ3) is 5.84. The van der Waals surface area contributed by atoms with Crippen molar-refractivity contribution in [3.63, 3.8) is 0 Å². The quantitative estimate of drug-likeness (QED) is 0.668. The van der Waals surface area contributed by atoms with Gasteiger partial charge in [0.25, 0.3) is 12.4 Å². The Morgan fingerprint density at radius 3 is 2.41 bits per heavy atom. The van der Waals surface area contributed by atoms with E-state index in [-0.39, 0.29) is 24.2 Å². The number of nitrogens with zero attached hydrogens (tertiary/aromatic N) is 3. The maximum atomic E-state index is 12.6. The highest BCUT2D eigenvalue weighted by Gasteiger charge is 2.38. The minimum absolute atomic E-state index is 0.00699. The molecule has 2 heterocycles. The van der Waals surface area contributed by atoms with Crippen molar-refractivity contribution in [3.8, 4) is 11.4 Å². The summed E-state index contributed by atoms with van der Waals surface area (Å²) in [4.78, 5) is 26.6. The summed E-state index contributed by atoms with van der Waals surface area (Å²) in [6.07, 6.45) is -0.708. The fraction of sp³-hybridized carbons (Fsp3) is 0.524. The van der Waals surface area contributed by atoms with Crippen LogP contribution in [0.4, 0.5) is 13.2 Å². The van der Waals surface area contributed by atoms with Crippen molar-refractivity contribution in [1.82, 2.24) is 20.4 Å². The van der Waals surface area contributed by atoms with E-state index in [0.29, 0.717) is 11.1 Å². The number of rotatable bonds is 5.